The molecule has 0 saturated heterocycles. The Balaban J connectivity index is 2.23. The van der Waals surface area contributed by atoms with Gasteiger partial charge >= 0.3 is 6.61 Å². The SMILES string of the molecule is NS(=O)(=O)c1cc(NCc2cccc(OC(F)F)c2)cc([N+](=O)[O-])c1. The maximum Gasteiger partial charge on any atom is 0.387 e. The van der Waals surface area contributed by atoms with E-state index in [2.05, 4.69) is 10.1 Å². The number of halogens is 2. The first-order valence-corrected chi connectivity index (χ1v) is 8.30. The van der Waals surface area contributed by atoms with Crippen LogP contribution in [0.15, 0.2) is 47.4 Å². The van der Waals surface area contributed by atoms with Crippen molar-refractivity contribution >= 4 is 21.4 Å². The van der Waals surface area contributed by atoms with Crippen molar-refractivity contribution in [3.63, 3.8) is 0 Å². The molecule has 0 radical (unpaired) electrons. The first kappa shape index (κ1) is 18.5. The van der Waals surface area contributed by atoms with E-state index < -0.39 is 32.1 Å². The topological polar surface area (TPSA) is 125 Å². The van der Waals surface area contributed by atoms with Crippen molar-refractivity contribution in [2.45, 2.75) is 18.1 Å². The van der Waals surface area contributed by atoms with Gasteiger partial charge in [0.05, 0.1) is 9.82 Å². The number of anilines is 1. The van der Waals surface area contributed by atoms with Crippen molar-refractivity contribution < 1.29 is 26.9 Å². The molecular formula is C14H13F2N3O5S. The molecule has 11 heteroatoms. The molecule has 0 aliphatic heterocycles. The highest BCUT2D eigenvalue weighted by molar-refractivity contribution is 7.89. The number of primary sulfonamides is 1. The lowest BCUT2D eigenvalue weighted by atomic mass is 10.2. The van der Waals surface area contributed by atoms with Gasteiger partial charge in [-0.1, -0.05) is 12.1 Å². The van der Waals surface area contributed by atoms with Gasteiger partial charge in [-0.25, -0.2) is 13.6 Å². The molecule has 0 atom stereocenters. The number of non-ortho nitro benzene ring substituents is 1. The largest absolute Gasteiger partial charge is 0.435 e. The van der Waals surface area contributed by atoms with E-state index in [-0.39, 0.29) is 18.0 Å². The van der Waals surface area contributed by atoms with Gasteiger partial charge in [-0.2, -0.15) is 8.78 Å². The standard InChI is InChI=1S/C14H13F2N3O5S/c15-14(16)24-12-3-1-2-9(4-12)8-18-10-5-11(19(20)21)7-13(6-10)25(17,22)23/h1-7,14,18H,8H2,(H2,17,22,23). The lowest BCUT2D eigenvalue weighted by Gasteiger charge is -2.10. The zero-order chi connectivity index (χ0) is 18.6. The van der Waals surface area contributed by atoms with Crippen LogP contribution in [0.25, 0.3) is 0 Å². The molecule has 0 aromatic heterocycles. The van der Waals surface area contributed by atoms with Gasteiger partial charge in [-0.05, 0) is 23.8 Å². The Kier molecular flexibility index (Phi) is 5.49. The van der Waals surface area contributed by atoms with Crippen molar-refractivity contribution in [3.8, 4) is 5.75 Å². The van der Waals surface area contributed by atoms with Crippen LogP contribution in [0.2, 0.25) is 0 Å². The number of nitrogens with two attached hydrogens (primary N) is 1. The number of nitrogens with zero attached hydrogens (tertiary/aromatic N) is 1. The second kappa shape index (κ2) is 7.40. The van der Waals surface area contributed by atoms with Gasteiger partial charge in [0.25, 0.3) is 5.69 Å². The lowest BCUT2D eigenvalue weighted by molar-refractivity contribution is -0.385. The van der Waals surface area contributed by atoms with Gasteiger partial charge in [0, 0.05) is 24.4 Å². The predicted octanol–water partition coefficient (Wildman–Crippen LogP) is 2.46. The molecule has 0 saturated carbocycles. The number of benzene rings is 2. The number of hydrogen-bond donors (Lipinski definition) is 2. The summed E-state index contributed by atoms with van der Waals surface area (Å²) in [4.78, 5) is 9.74. The van der Waals surface area contributed by atoms with Crippen LogP contribution < -0.4 is 15.2 Å². The molecule has 0 amide bonds. The summed E-state index contributed by atoms with van der Waals surface area (Å²) in [6, 6.07) is 8.94. The van der Waals surface area contributed by atoms with E-state index in [1.54, 1.807) is 6.07 Å². The molecule has 0 fully saturated rings. The first-order chi connectivity index (χ1) is 11.6. The number of ether oxygens (including phenoxy) is 1. The Morgan fingerprint density at radius 2 is 1.96 bits per heavy atom. The van der Waals surface area contributed by atoms with E-state index in [9.17, 15) is 27.3 Å². The molecule has 0 aliphatic rings. The van der Waals surface area contributed by atoms with E-state index >= 15 is 0 Å². The van der Waals surface area contributed by atoms with Gasteiger partial charge in [0.1, 0.15) is 5.75 Å². The zero-order valence-electron chi connectivity index (χ0n) is 12.6. The highest BCUT2D eigenvalue weighted by Crippen LogP contribution is 2.24. The molecule has 0 spiro atoms. The second-order valence-corrected chi connectivity index (χ2v) is 6.46. The fraction of sp³-hybridized carbons (Fsp3) is 0.143. The minimum Gasteiger partial charge on any atom is -0.435 e. The van der Waals surface area contributed by atoms with Gasteiger partial charge in [0.15, 0.2) is 0 Å². The van der Waals surface area contributed by atoms with E-state index in [4.69, 9.17) is 5.14 Å². The Bertz CT molecular complexity index is 890. The van der Waals surface area contributed by atoms with Crippen molar-refractivity contribution in [2.75, 3.05) is 5.32 Å². The Morgan fingerprint density at radius 1 is 1.24 bits per heavy atom. The summed E-state index contributed by atoms with van der Waals surface area (Å²) in [7, 11) is -4.13. The maximum atomic E-state index is 12.2. The average Bonchev–Trinajstić information content (AvgIpc) is 2.51. The van der Waals surface area contributed by atoms with E-state index in [1.807, 2.05) is 0 Å². The fourth-order valence-corrected chi connectivity index (χ4v) is 2.57. The highest BCUT2D eigenvalue weighted by atomic mass is 32.2. The summed E-state index contributed by atoms with van der Waals surface area (Å²) in [6.45, 7) is -2.87. The van der Waals surface area contributed by atoms with Gasteiger partial charge < -0.3 is 10.1 Å². The summed E-state index contributed by atoms with van der Waals surface area (Å²) in [5.74, 6) is -0.0430. The number of nitro groups is 1. The molecule has 3 N–H and O–H groups in total. The Hall–Kier alpha value is -2.79. The molecule has 2 aromatic rings. The summed E-state index contributed by atoms with van der Waals surface area (Å²) >= 11 is 0. The molecule has 8 nitrogen and oxygen atoms in total. The number of hydrogen-bond acceptors (Lipinski definition) is 6. The van der Waals surface area contributed by atoms with Crippen LogP contribution in [0.1, 0.15) is 5.56 Å². The number of alkyl halides is 2. The molecule has 2 rings (SSSR count). The van der Waals surface area contributed by atoms with Gasteiger partial charge in [0.2, 0.25) is 10.0 Å². The Morgan fingerprint density at radius 3 is 2.56 bits per heavy atom. The normalized spacial score (nSPS) is 11.4. The van der Waals surface area contributed by atoms with Crippen LogP contribution in [0.3, 0.4) is 0 Å². The molecule has 0 bridgehead atoms. The molecule has 25 heavy (non-hydrogen) atoms. The maximum absolute atomic E-state index is 12.2. The van der Waals surface area contributed by atoms with Crippen LogP contribution in [0, 0.1) is 10.1 Å². The zero-order valence-corrected chi connectivity index (χ0v) is 13.4. The number of nitro benzene ring substituents is 1. The second-order valence-electron chi connectivity index (χ2n) is 4.90. The molecule has 0 heterocycles. The third-order valence-electron chi connectivity index (χ3n) is 3.05. The van der Waals surface area contributed by atoms with Crippen molar-refractivity contribution in [3.05, 3.63) is 58.1 Å². The third kappa shape index (κ3) is 5.36. The summed E-state index contributed by atoms with van der Waals surface area (Å²) in [5.41, 5.74) is 0.226. The van der Waals surface area contributed by atoms with Gasteiger partial charge in [-0.15, -0.1) is 0 Å². The third-order valence-corrected chi connectivity index (χ3v) is 3.94. The first-order valence-electron chi connectivity index (χ1n) is 6.75. The minimum absolute atomic E-state index is 0.0430. The van der Waals surface area contributed by atoms with Gasteiger partial charge in [-0.3, -0.25) is 10.1 Å². The van der Waals surface area contributed by atoms with Crippen LogP contribution in [0.4, 0.5) is 20.2 Å². The average molecular weight is 373 g/mol. The lowest BCUT2D eigenvalue weighted by Crippen LogP contribution is -2.13. The highest BCUT2D eigenvalue weighted by Gasteiger charge is 2.16. The van der Waals surface area contributed by atoms with E-state index in [1.165, 1.54) is 18.2 Å². The molecule has 2 aromatic carbocycles. The number of rotatable bonds is 7. The van der Waals surface area contributed by atoms with Crippen LogP contribution in [0.5, 0.6) is 5.75 Å². The van der Waals surface area contributed by atoms with Crippen LogP contribution in [-0.2, 0) is 16.6 Å². The van der Waals surface area contributed by atoms with Crippen LogP contribution in [-0.4, -0.2) is 20.0 Å². The smallest absolute Gasteiger partial charge is 0.387 e. The van der Waals surface area contributed by atoms with Crippen molar-refractivity contribution in [1.82, 2.24) is 0 Å². The molecular weight excluding hydrogens is 360 g/mol. The summed E-state index contributed by atoms with van der Waals surface area (Å²) in [5, 5.41) is 18.7. The van der Waals surface area contributed by atoms with E-state index in [0.717, 1.165) is 18.2 Å². The molecule has 134 valence electrons. The number of sulfonamides is 1. The summed E-state index contributed by atoms with van der Waals surface area (Å²) < 4.78 is 51.5. The number of nitrogens with one attached hydrogen (secondary N) is 1. The monoisotopic (exact) mass is 373 g/mol. The van der Waals surface area contributed by atoms with Crippen LogP contribution >= 0.6 is 0 Å². The molecule has 0 aliphatic carbocycles. The Labute approximate surface area is 141 Å². The fourth-order valence-electron chi connectivity index (χ4n) is 1.99. The van der Waals surface area contributed by atoms with E-state index in [0.29, 0.717) is 5.56 Å². The molecule has 0 unspecified atom stereocenters. The van der Waals surface area contributed by atoms with Crippen molar-refractivity contribution in [2.24, 2.45) is 5.14 Å². The quantitative estimate of drug-likeness (QED) is 0.567. The predicted molar refractivity (Wildman–Crippen MR) is 84.9 cm³/mol. The summed E-state index contributed by atoms with van der Waals surface area (Å²) in [6.07, 6.45) is 0. The van der Waals surface area contributed by atoms with Crippen molar-refractivity contribution in [1.29, 1.82) is 0 Å². The minimum atomic E-state index is -4.13.